The number of nitrogens with zero attached hydrogens (tertiary/aromatic N) is 1. The molecule has 1 aliphatic heterocycles. The van der Waals surface area contributed by atoms with Crippen LogP contribution in [0, 0.1) is 0 Å². The van der Waals surface area contributed by atoms with Crippen molar-refractivity contribution in [3.63, 3.8) is 0 Å². The fourth-order valence-electron chi connectivity index (χ4n) is 4.95. The number of sulfonamides is 1. The van der Waals surface area contributed by atoms with E-state index in [0.717, 1.165) is 65.3 Å². The van der Waals surface area contributed by atoms with Crippen molar-refractivity contribution in [3.05, 3.63) is 66.2 Å². The van der Waals surface area contributed by atoms with Crippen LogP contribution in [0.1, 0.15) is 18.4 Å². The van der Waals surface area contributed by atoms with E-state index in [1.54, 1.807) is 18.2 Å². The van der Waals surface area contributed by atoms with Gasteiger partial charge in [0.25, 0.3) is 0 Å². The van der Waals surface area contributed by atoms with E-state index in [9.17, 15) is 13.5 Å². The van der Waals surface area contributed by atoms with Crippen molar-refractivity contribution in [2.24, 2.45) is 0 Å². The summed E-state index contributed by atoms with van der Waals surface area (Å²) in [6.07, 6.45) is 3.24. The van der Waals surface area contributed by atoms with Crippen molar-refractivity contribution in [2.45, 2.75) is 31.6 Å². The van der Waals surface area contributed by atoms with E-state index in [4.69, 9.17) is 9.47 Å². The number of halogens is 1. The van der Waals surface area contributed by atoms with E-state index in [2.05, 4.69) is 39.1 Å². The minimum atomic E-state index is -3.32. The van der Waals surface area contributed by atoms with Crippen LogP contribution in [0.2, 0.25) is 0 Å². The summed E-state index contributed by atoms with van der Waals surface area (Å²) in [5, 5.41) is 15.6. The Bertz CT molecular complexity index is 1540. The van der Waals surface area contributed by atoms with Gasteiger partial charge in [-0.3, -0.25) is 10.0 Å². The minimum absolute atomic E-state index is 0. The molecule has 11 heteroatoms. The molecule has 2 heterocycles. The van der Waals surface area contributed by atoms with Crippen LogP contribution in [-0.2, 0) is 16.4 Å². The van der Waals surface area contributed by atoms with Crippen LogP contribution >= 0.6 is 12.4 Å². The van der Waals surface area contributed by atoms with Gasteiger partial charge in [-0.05, 0) is 68.3 Å². The molecule has 40 heavy (non-hydrogen) atoms. The Balaban J connectivity index is 0.00000370. The maximum Gasteiger partial charge on any atom is 0.229 e. The summed E-state index contributed by atoms with van der Waals surface area (Å²) in [7, 11) is -1.18. The van der Waals surface area contributed by atoms with E-state index in [-0.39, 0.29) is 25.1 Å². The van der Waals surface area contributed by atoms with Gasteiger partial charge in [0.15, 0.2) is 0 Å². The molecule has 4 N–H and O–H groups in total. The number of nitrogens with one attached hydrogen (secondary N) is 3. The van der Waals surface area contributed by atoms with Crippen molar-refractivity contribution < 1.29 is 23.0 Å². The number of hydrogen-bond donors (Lipinski definition) is 4. The molecule has 1 fully saturated rings. The lowest BCUT2D eigenvalue weighted by Crippen LogP contribution is -2.35. The third-order valence-corrected chi connectivity index (χ3v) is 7.55. The molecule has 1 unspecified atom stereocenters. The van der Waals surface area contributed by atoms with Gasteiger partial charge in [0, 0.05) is 48.2 Å². The van der Waals surface area contributed by atoms with Crippen molar-refractivity contribution in [1.82, 2.24) is 15.2 Å². The second-order valence-electron chi connectivity index (χ2n) is 10.3. The number of fused-ring (bicyclic) bond motifs is 3. The largest absolute Gasteiger partial charge is 0.490 e. The highest BCUT2D eigenvalue weighted by molar-refractivity contribution is 7.92. The molecule has 1 saturated heterocycles. The number of aromatic nitrogens is 1. The fraction of sp³-hybridized carbons (Fsp3) is 0.379. The zero-order valence-corrected chi connectivity index (χ0v) is 24.4. The number of aliphatic hydroxyl groups excluding tert-OH is 1. The number of hydrogen-bond acceptors (Lipinski definition) is 7. The van der Waals surface area contributed by atoms with E-state index in [0.29, 0.717) is 24.4 Å². The molecule has 0 aliphatic carbocycles. The highest BCUT2D eigenvalue weighted by Gasteiger charge is 2.18. The molecule has 1 atom stereocenters. The number of H-pyrrole nitrogens is 1. The van der Waals surface area contributed by atoms with E-state index in [1.165, 1.54) is 0 Å². The normalized spacial score (nSPS) is 15.6. The standard InChI is InChI=1S/C29H36N4O5S.ClH/c1-33-14-11-22(12-15-33)38-24-7-9-26-25-8-6-23(17-27(25)31-28(26)18-24)37-19-29(34)30-13-10-20-4-3-5-21(16-20)32-39(2,35)36;/h3-9,16-18,22,29-32,34H,10-15,19H2,1-2H3;1H. The number of likely N-dealkylation sites (tertiary alicyclic amines) is 1. The lowest BCUT2D eigenvalue weighted by Gasteiger charge is -2.29. The van der Waals surface area contributed by atoms with Gasteiger partial charge in [-0.25, -0.2) is 8.42 Å². The van der Waals surface area contributed by atoms with Crippen LogP contribution in [-0.4, -0.2) is 75.3 Å². The van der Waals surface area contributed by atoms with Gasteiger partial charge < -0.3 is 24.5 Å². The summed E-state index contributed by atoms with van der Waals surface area (Å²) >= 11 is 0. The smallest absolute Gasteiger partial charge is 0.229 e. The second kappa shape index (κ2) is 13.1. The van der Waals surface area contributed by atoms with Crippen molar-refractivity contribution >= 4 is 49.9 Å². The Morgan fingerprint density at radius 2 is 1.70 bits per heavy atom. The molecule has 4 aromatic rings. The van der Waals surface area contributed by atoms with Crippen LogP contribution in [0.3, 0.4) is 0 Å². The first-order chi connectivity index (χ1) is 18.7. The molecule has 3 aromatic carbocycles. The van der Waals surface area contributed by atoms with Gasteiger partial charge in [0.2, 0.25) is 10.0 Å². The highest BCUT2D eigenvalue weighted by atomic mass is 35.5. The molecule has 0 spiro atoms. The number of aromatic amines is 1. The predicted molar refractivity (Wildman–Crippen MR) is 162 cm³/mol. The maximum absolute atomic E-state index is 11.4. The van der Waals surface area contributed by atoms with Gasteiger partial charge in [-0.2, -0.15) is 0 Å². The van der Waals surface area contributed by atoms with Crippen LogP contribution in [0.5, 0.6) is 11.5 Å². The zero-order chi connectivity index (χ0) is 27.4. The number of piperidine rings is 1. The second-order valence-corrected chi connectivity index (χ2v) is 12.0. The first-order valence-corrected chi connectivity index (χ1v) is 15.1. The third-order valence-electron chi connectivity index (χ3n) is 6.94. The number of rotatable bonds is 11. The maximum atomic E-state index is 11.4. The number of benzene rings is 3. The quantitative estimate of drug-likeness (QED) is 0.195. The summed E-state index contributed by atoms with van der Waals surface area (Å²) in [5.74, 6) is 1.55. The Hall–Kier alpha value is -3.02. The monoisotopic (exact) mass is 588 g/mol. The number of aliphatic hydroxyl groups is 1. The summed E-state index contributed by atoms with van der Waals surface area (Å²) in [6.45, 7) is 2.72. The molecule has 5 rings (SSSR count). The third kappa shape index (κ3) is 8.02. The van der Waals surface area contributed by atoms with Gasteiger partial charge >= 0.3 is 0 Å². The topological polar surface area (TPSA) is 116 Å². The number of ether oxygens (including phenoxy) is 2. The first-order valence-electron chi connectivity index (χ1n) is 13.2. The van der Waals surface area contributed by atoms with Crippen LogP contribution < -0.4 is 19.5 Å². The minimum Gasteiger partial charge on any atom is -0.490 e. The predicted octanol–water partition coefficient (Wildman–Crippen LogP) is 4.12. The molecule has 1 aliphatic rings. The summed E-state index contributed by atoms with van der Waals surface area (Å²) < 4.78 is 37.4. The van der Waals surface area contributed by atoms with Crippen LogP contribution in [0.15, 0.2) is 60.7 Å². The van der Waals surface area contributed by atoms with Gasteiger partial charge in [0.05, 0.1) is 17.3 Å². The Labute approximate surface area is 241 Å². The van der Waals surface area contributed by atoms with Crippen molar-refractivity contribution in [1.29, 1.82) is 0 Å². The van der Waals surface area contributed by atoms with Gasteiger partial charge in [0.1, 0.15) is 30.4 Å². The first kappa shape index (κ1) is 30.0. The average Bonchev–Trinajstić information content (AvgIpc) is 3.25. The van der Waals surface area contributed by atoms with Crippen LogP contribution in [0.25, 0.3) is 21.8 Å². The molecular formula is C29H37ClN4O5S. The molecule has 0 bridgehead atoms. The summed E-state index contributed by atoms with van der Waals surface area (Å²) in [5.41, 5.74) is 3.45. The summed E-state index contributed by atoms with van der Waals surface area (Å²) in [4.78, 5) is 5.80. The lowest BCUT2D eigenvalue weighted by molar-refractivity contribution is 0.0796. The average molecular weight is 589 g/mol. The molecular weight excluding hydrogens is 552 g/mol. The molecule has 0 saturated carbocycles. The molecule has 216 valence electrons. The highest BCUT2D eigenvalue weighted by Crippen LogP contribution is 2.31. The van der Waals surface area contributed by atoms with Crippen molar-refractivity contribution in [2.75, 3.05) is 44.3 Å². The molecule has 0 radical (unpaired) electrons. The SMILES string of the molecule is CN1CCC(Oc2ccc3c(c2)[nH]c2cc(OCC(O)NCCc4cccc(NS(C)(=O)=O)c4)ccc23)CC1.Cl. The lowest BCUT2D eigenvalue weighted by atomic mass is 10.1. The Morgan fingerprint density at radius 3 is 2.40 bits per heavy atom. The van der Waals surface area contributed by atoms with Crippen molar-refractivity contribution in [3.8, 4) is 11.5 Å². The Morgan fingerprint density at radius 1 is 1.02 bits per heavy atom. The Kier molecular flexibility index (Phi) is 9.81. The fourth-order valence-corrected chi connectivity index (χ4v) is 5.50. The summed E-state index contributed by atoms with van der Waals surface area (Å²) in [6, 6.07) is 19.3. The van der Waals surface area contributed by atoms with E-state index < -0.39 is 16.3 Å². The van der Waals surface area contributed by atoms with Gasteiger partial charge in [-0.15, -0.1) is 12.4 Å². The number of anilines is 1. The van der Waals surface area contributed by atoms with E-state index >= 15 is 0 Å². The van der Waals surface area contributed by atoms with E-state index in [1.807, 2.05) is 30.3 Å². The molecule has 1 aromatic heterocycles. The van der Waals surface area contributed by atoms with Gasteiger partial charge in [-0.1, -0.05) is 12.1 Å². The molecule has 9 nitrogen and oxygen atoms in total. The zero-order valence-electron chi connectivity index (χ0n) is 22.7. The molecule has 0 amide bonds. The van der Waals surface area contributed by atoms with Crippen LogP contribution in [0.4, 0.5) is 5.69 Å².